The summed E-state index contributed by atoms with van der Waals surface area (Å²) in [5.41, 5.74) is 4.10. The highest BCUT2D eigenvalue weighted by molar-refractivity contribution is 5.64. The van der Waals surface area contributed by atoms with E-state index in [0.29, 0.717) is 0 Å². The van der Waals surface area contributed by atoms with Crippen LogP contribution < -0.4 is 10.6 Å². The summed E-state index contributed by atoms with van der Waals surface area (Å²) in [7, 11) is 1.71. The molecule has 3 rings (SSSR count). The number of aryl methyl sites for hydroxylation is 1. The lowest BCUT2D eigenvalue weighted by atomic mass is 10.0. The van der Waals surface area contributed by atoms with Crippen molar-refractivity contribution in [1.29, 1.82) is 0 Å². The van der Waals surface area contributed by atoms with Crippen molar-refractivity contribution in [2.45, 2.75) is 26.4 Å². The number of aliphatic hydroxyl groups is 1. The number of aliphatic hydroxyl groups excluding tert-OH is 1. The minimum atomic E-state index is 0.0629. The van der Waals surface area contributed by atoms with Gasteiger partial charge in [-0.2, -0.15) is 0 Å². The van der Waals surface area contributed by atoms with E-state index in [4.69, 9.17) is 14.8 Å². The quantitative estimate of drug-likeness (QED) is 0.934. The molecule has 1 aliphatic carbocycles. The summed E-state index contributed by atoms with van der Waals surface area (Å²) in [4.78, 5) is 4.84. The fraction of sp³-hybridized carbons (Fsp3) is 0.278. The van der Waals surface area contributed by atoms with Crippen molar-refractivity contribution >= 4 is 11.8 Å². The lowest BCUT2D eigenvalue weighted by molar-refractivity contribution is 0.282. The largest absolute Gasteiger partial charge is 0.499 e. The van der Waals surface area contributed by atoms with Crippen LogP contribution in [0.1, 0.15) is 24.0 Å². The maximum absolute atomic E-state index is 9.14. The van der Waals surface area contributed by atoms with Gasteiger partial charge < -0.3 is 9.84 Å². The standard InChI is InChI=1S/C18H19NO2/c1-12-10-15-4-3-5-16(21-2)18(15)19-17(12)14-8-6-13(11-20)7-9-14/h4,6-10,20H,3,5,11H2,1-2H3. The molecule has 3 nitrogen and oxygen atoms in total. The molecule has 0 saturated heterocycles. The predicted molar refractivity (Wildman–Crippen MR) is 83.7 cm³/mol. The normalized spacial score (nSPS) is 13.6. The van der Waals surface area contributed by atoms with Crippen LogP contribution >= 0.6 is 0 Å². The van der Waals surface area contributed by atoms with Crippen LogP contribution in [0.3, 0.4) is 0 Å². The minimum Gasteiger partial charge on any atom is -0.499 e. The third kappa shape index (κ3) is 2.57. The third-order valence-corrected chi connectivity index (χ3v) is 3.90. The van der Waals surface area contributed by atoms with Gasteiger partial charge in [0.1, 0.15) is 11.1 Å². The summed E-state index contributed by atoms with van der Waals surface area (Å²) in [6.45, 7) is 2.14. The lowest BCUT2D eigenvalue weighted by Crippen LogP contribution is -2.34. The molecular weight excluding hydrogens is 262 g/mol. The van der Waals surface area contributed by atoms with Gasteiger partial charge in [0.05, 0.1) is 19.4 Å². The van der Waals surface area contributed by atoms with Gasteiger partial charge in [0, 0.05) is 12.0 Å². The first kappa shape index (κ1) is 13.8. The number of aromatic nitrogens is 1. The van der Waals surface area contributed by atoms with Crippen LogP contribution in [-0.2, 0) is 11.3 Å². The molecular formula is C18H19NO2. The van der Waals surface area contributed by atoms with Crippen molar-refractivity contribution in [2.24, 2.45) is 0 Å². The van der Waals surface area contributed by atoms with E-state index in [2.05, 4.69) is 19.1 Å². The van der Waals surface area contributed by atoms with Crippen molar-refractivity contribution < 1.29 is 9.84 Å². The second kappa shape index (κ2) is 5.70. The van der Waals surface area contributed by atoms with E-state index in [9.17, 15) is 0 Å². The van der Waals surface area contributed by atoms with Crippen molar-refractivity contribution in [2.75, 3.05) is 7.11 Å². The van der Waals surface area contributed by atoms with Crippen molar-refractivity contribution in [3.8, 4) is 11.3 Å². The molecule has 0 aliphatic heterocycles. The van der Waals surface area contributed by atoms with Crippen LogP contribution in [0.15, 0.2) is 30.3 Å². The summed E-state index contributed by atoms with van der Waals surface area (Å²) in [6.07, 6.45) is 4.13. The highest BCUT2D eigenvalue weighted by atomic mass is 16.5. The molecule has 1 heterocycles. The van der Waals surface area contributed by atoms with Crippen molar-refractivity contribution in [3.63, 3.8) is 0 Å². The van der Waals surface area contributed by atoms with Crippen LogP contribution in [0.5, 0.6) is 0 Å². The highest BCUT2D eigenvalue weighted by Gasteiger charge is 2.10. The fourth-order valence-corrected chi connectivity index (χ4v) is 2.75. The average Bonchev–Trinajstić information content (AvgIpc) is 2.53. The number of hydrogen-bond donors (Lipinski definition) is 1. The molecule has 0 radical (unpaired) electrons. The molecule has 0 bridgehead atoms. The Morgan fingerprint density at radius 3 is 2.67 bits per heavy atom. The Balaban J connectivity index is 2.20. The number of rotatable bonds is 3. The Bertz CT molecular complexity index is 776. The maximum Gasteiger partial charge on any atom is 0.122 e. The van der Waals surface area contributed by atoms with E-state index >= 15 is 0 Å². The molecule has 1 aromatic heterocycles. The summed E-state index contributed by atoms with van der Waals surface area (Å²) in [5, 5.41) is 11.3. The van der Waals surface area contributed by atoms with Crippen LogP contribution in [-0.4, -0.2) is 17.2 Å². The zero-order valence-corrected chi connectivity index (χ0v) is 12.4. The molecule has 0 saturated carbocycles. The second-order valence-corrected chi connectivity index (χ2v) is 5.32. The van der Waals surface area contributed by atoms with E-state index in [0.717, 1.165) is 51.6 Å². The van der Waals surface area contributed by atoms with E-state index in [1.54, 1.807) is 7.11 Å². The zero-order chi connectivity index (χ0) is 14.8. The Morgan fingerprint density at radius 2 is 2.00 bits per heavy atom. The van der Waals surface area contributed by atoms with E-state index in [1.165, 1.54) is 0 Å². The summed E-state index contributed by atoms with van der Waals surface area (Å²) in [5.74, 6) is 0.959. The number of fused-ring (bicyclic) bond motifs is 1. The smallest absolute Gasteiger partial charge is 0.122 e. The number of benzene rings is 1. The fourth-order valence-electron chi connectivity index (χ4n) is 2.75. The van der Waals surface area contributed by atoms with Crippen molar-refractivity contribution in [1.82, 2.24) is 4.98 Å². The Labute approximate surface area is 124 Å². The molecule has 0 atom stereocenters. The third-order valence-electron chi connectivity index (χ3n) is 3.90. The molecule has 0 unspecified atom stereocenters. The molecule has 1 aromatic carbocycles. The molecule has 2 aromatic rings. The number of methoxy groups -OCH3 is 1. The maximum atomic E-state index is 9.14. The molecule has 0 spiro atoms. The zero-order valence-electron chi connectivity index (χ0n) is 12.4. The number of ether oxygens (including phenoxy) is 1. The summed E-state index contributed by atoms with van der Waals surface area (Å²) < 4.78 is 5.49. The molecule has 3 heteroatoms. The number of pyridine rings is 1. The Morgan fingerprint density at radius 1 is 1.24 bits per heavy atom. The minimum absolute atomic E-state index is 0.0629. The van der Waals surface area contributed by atoms with Crippen LogP contribution in [0.25, 0.3) is 23.1 Å². The van der Waals surface area contributed by atoms with Gasteiger partial charge in [-0.15, -0.1) is 0 Å². The van der Waals surface area contributed by atoms with Crippen LogP contribution in [0, 0.1) is 6.92 Å². The summed E-state index contributed by atoms with van der Waals surface area (Å²) in [6, 6.07) is 10.1. The van der Waals surface area contributed by atoms with Crippen LogP contribution in [0.4, 0.5) is 0 Å². The van der Waals surface area contributed by atoms with Crippen molar-refractivity contribution in [3.05, 3.63) is 52.0 Å². The van der Waals surface area contributed by atoms with Gasteiger partial charge in [0.25, 0.3) is 0 Å². The molecule has 108 valence electrons. The topological polar surface area (TPSA) is 42.4 Å². The lowest BCUT2D eigenvalue weighted by Gasteiger charge is -2.12. The predicted octanol–water partition coefficient (Wildman–Crippen LogP) is 1.88. The monoisotopic (exact) mass is 281 g/mol. The first-order valence-electron chi connectivity index (χ1n) is 7.18. The molecule has 21 heavy (non-hydrogen) atoms. The number of hydrogen-bond acceptors (Lipinski definition) is 3. The van der Waals surface area contributed by atoms with E-state index in [-0.39, 0.29) is 6.61 Å². The van der Waals surface area contributed by atoms with Gasteiger partial charge >= 0.3 is 0 Å². The highest BCUT2D eigenvalue weighted by Crippen LogP contribution is 2.20. The number of nitrogens with zero attached hydrogens (tertiary/aromatic N) is 1. The van der Waals surface area contributed by atoms with Gasteiger partial charge in [-0.3, -0.25) is 0 Å². The van der Waals surface area contributed by atoms with Gasteiger partial charge in [-0.05, 0) is 35.8 Å². The van der Waals surface area contributed by atoms with Gasteiger partial charge in [0.2, 0.25) is 0 Å². The first-order chi connectivity index (χ1) is 10.2. The van der Waals surface area contributed by atoms with Crippen LogP contribution in [0.2, 0.25) is 0 Å². The van der Waals surface area contributed by atoms with Gasteiger partial charge in [-0.25, -0.2) is 4.98 Å². The average molecular weight is 281 g/mol. The molecule has 1 aliphatic rings. The summed E-state index contributed by atoms with van der Waals surface area (Å²) >= 11 is 0. The Kier molecular flexibility index (Phi) is 3.76. The first-order valence-corrected chi connectivity index (χ1v) is 7.18. The molecule has 0 amide bonds. The van der Waals surface area contributed by atoms with E-state index in [1.807, 2.05) is 24.3 Å². The van der Waals surface area contributed by atoms with Gasteiger partial charge in [0.15, 0.2) is 0 Å². The molecule has 1 N–H and O–H groups in total. The van der Waals surface area contributed by atoms with Gasteiger partial charge in [-0.1, -0.05) is 30.3 Å². The Hall–Kier alpha value is -2.13. The SMILES string of the molecule is COC1=c2nc(-c3ccc(CO)cc3)c(C)cc2=CCC1. The molecule has 0 fully saturated rings. The van der Waals surface area contributed by atoms with E-state index < -0.39 is 0 Å². The second-order valence-electron chi connectivity index (χ2n) is 5.32.